The molecular formula is C111H80N2O3. The first-order valence-electron chi connectivity index (χ1n) is 40.3. The number of rotatable bonds is 11. The number of benzene rings is 17. The molecule has 0 atom stereocenters. The minimum atomic E-state index is -0.245. The van der Waals surface area contributed by atoms with E-state index in [1.807, 2.05) is 30.3 Å². The molecule has 0 radical (unpaired) electrons. The van der Waals surface area contributed by atoms with Crippen LogP contribution in [-0.4, -0.2) is 0 Å². The van der Waals surface area contributed by atoms with Crippen molar-refractivity contribution >= 4 is 94.3 Å². The Balaban J connectivity index is 0.000000143. The van der Waals surface area contributed by atoms with E-state index in [2.05, 4.69) is 391 Å². The molecule has 1 N–H and O–H groups in total. The minimum absolute atomic E-state index is 0.0285. The molecule has 5 heteroatoms. The van der Waals surface area contributed by atoms with Crippen LogP contribution in [0.15, 0.2) is 383 Å². The standard InChI is InChI=1S/C60H43NO2.C51H37NO/c1-59(2)51-17-8-5-12-43(51)45-29-26-40(34-53(45)59)61(39-24-20-36(21-25-39)37-23-31-57-50(32-37)48-14-7-9-18-55(48)62-57)41-27-30-46-44-28-22-38(33-52(44)60(3,4)54(46)35-41)42-15-11-16-49-47-13-6-10-19-56(47)63-58(42)49;1-51(2)46-17-8-6-13-41(46)42-29-25-38(32-47(42)51)34-19-21-36(22-20-34)45-31-37(33-11-4-3-5-12-33)26-30-48(45)52-39-27-23-35(24-28-39)40-15-10-16-44-43-14-7-9-18-49(43)53-50(40)44/h5-35H,1-4H3;3-32,52H,1-2H3. The van der Waals surface area contributed by atoms with Crippen molar-refractivity contribution in [3.05, 3.63) is 403 Å². The number of hydrogen-bond acceptors (Lipinski definition) is 5. The van der Waals surface area contributed by atoms with Gasteiger partial charge >= 0.3 is 0 Å². The van der Waals surface area contributed by atoms with Crippen LogP contribution < -0.4 is 10.2 Å². The lowest BCUT2D eigenvalue weighted by molar-refractivity contribution is 0.659. The molecule has 20 aromatic rings. The van der Waals surface area contributed by atoms with Crippen LogP contribution in [0.5, 0.6) is 0 Å². The summed E-state index contributed by atoms with van der Waals surface area (Å²) in [4.78, 5) is 2.45. The Kier molecular flexibility index (Phi) is 15.6. The number of nitrogens with one attached hydrogen (secondary N) is 1. The van der Waals surface area contributed by atoms with Crippen molar-refractivity contribution in [1.29, 1.82) is 0 Å². The topological polar surface area (TPSA) is 54.7 Å². The molecule has 0 saturated heterocycles. The van der Waals surface area contributed by atoms with Gasteiger partial charge in [0.15, 0.2) is 0 Å². The van der Waals surface area contributed by atoms with Crippen LogP contribution >= 0.6 is 0 Å². The lowest BCUT2D eigenvalue weighted by Crippen LogP contribution is -2.18. The summed E-state index contributed by atoms with van der Waals surface area (Å²) in [6.07, 6.45) is 0. The molecule has 3 heterocycles. The van der Waals surface area contributed by atoms with E-state index >= 15 is 0 Å². The fourth-order valence-corrected chi connectivity index (χ4v) is 19.3. The Hall–Kier alpha value is -14.3. The Morgan fingerprint density at radius 2 is 0.560 bits per heavy atom. The van der Waals surface area contributed by atoms with Crippen LogP contribution in [0.1, 0.15) is 74.9 Å². The smallest absolute Gasteiger partial charge is 0.143 e. The molecule has 5 nitrogen and oxygen atoms in total. The van der Waals surface area contributed by atoms with Crippen LogP contribution in [0.4, 0.5) is 28.4 Å². The van der Waals surface area contributed by atoms with Crippen molar-refractivity contribution < 1.29 is 13.3 Å². The average molecular weight is 1490 g/mol. The van der Waals surface area contributed by atoms with Crippen LogP contribution in [0, 0.1) is 0 Å². The van der Waals surface area contributed by atoms with Gasteiger partial charge in [0, 0.05) is 93.7 Å². The molecule has 23 rings (SSSR count). The lowest BCUT2D eigenvalue weighted by atomic mass is 9.81. The number of para-hydroxylation sites is 5. The zero-order valence-electron chi connectivity index (χ0n) is 65.4. The molecule has 0 amide bonds. The Labute approximate surface area is 674 Å². The number of anilines is 5. The predicted octanol–water partition coefficient (Wildman–Crippen LogP) is 31.2. The van der Waals surface area contributed by atoms with E-state index in [1.54, 1.807) is 0 Å². The molecule has 0 spiro atoms. The quantitative estimate of drug-likeness (QED) is 0.140. The maximum absolute atomic E-state index is 6.51. The normalized spacial score (nSPS) is 13.6. The molecular weight excluding hydrogens is 1410 g/mol. The highest BCUT2D eigenvalue weighted by atomic mass is 16.3. The van der Waals surface area contributed by atoms with Gasteiger partial charge in [-0.3, -0.25) is 0 Å². The van der Waals surface area contributed by atoms with Gasteiger partial charge in [-0.1, -0.05) is 308 Å². The fraction of sp³-hybridized carbons (Fsp3) is 0.0811. The summed E-state index contributed by atoms with van der Waals surface area (Å²) in [5.41, 5.74) is 40.7. The van der Waals surface area contributed by atoms with Gasteiger partial charge in [-0.25, -0.2) is 0 Å². The monoisotopic (exact) mass is 1490 g/mol. The third kappa shape index (κ3) is 11.0. The predicted molar refractivity (Wildman–Crippen MR) is 484 cm³/mol. The molecule has 0 saturated carbocycles. The second-order valence-corrected chi connectivity index (χ2v) is 33.1. The van der Waals surface area contributed by atoms with Gasteiger partial charge in [0.25, 0.3) is 0 Å². The third-order valence-corrected chi connectivity index (χ3v) is 25.4. The van der Waals surface area contributed by atoms with Crippen LogP contribution in [0.3, 0.4) is 0 Å². The first kappa shape index (κ1) is 68.5. The first-order chi connectivity index (χ1) is 56.7. The first-order valence-corrected chi connectivity index (χ1v) is 40.3. The van der Waals surface area contributed by atoms with Gasteiger partial charge in [0.05, 0.1) is 0 Å². The highest BCUT2D eigenvalue weighted by Crippen LogP contribution is 2.56. The lowest BCUT2D eigenvalue weighted by Gasteiger charge is -2.30. The second-order valence-electron chi connectivity index (χ2n) is 33.1. The van der Waals surface area contributed by atoms with Gasteiger partial charge < -0.3 is 23.5 Å². The van der Waals surface area contributed by atoms with E-state index in [0.29, 0.717) is 0 Å². The van der Waals surface area contributed by atoms with Crippen molar-refractivity contribution in [1.82, 2.24) is 0 Å². The van der Waals surface area contributed by atoms with Gasteiger partial charge in [-0.2, -0.15) is 0 Å². The Bertz CT molecular complexity index is 7370. The maximum atomic E-state index is 6.51. The van der Waals surface area contributed by atoms with Gasteiger partial charge in [0.1, 0.15) is 33.5 Å². The molecule has 3 aliphatic rings. The van der Waals surface area contributed by atoms with Gasteiger partial charge in [-0.15, -0.1) is 0 Å². The van der Waals surface area contributed by atoms with Gasteiger partial charge in [-0.05, 0) is 220 Å². The number of nitrogens with zero attached hydrogens (tertiary/aromatic N) is 1. The van der Waals surface area contributed by atoms with E-state index in [-0.39, 0.29) is 16.2 Å². The summed E-state index contributed by atoms with van der Waals surface area (Å²) in [7, 11) is 0. The molecule has 0 unspecified atom stereocenters. The number of fused-ring (bicyclic) bond motifs is 18. The van der Waals surface area contributed by atoms with E-state index in [9.17, 15) is 0 Å². The highest BCUT2D eigenvalue weighted by Gasteiger charge is 2.40. The Morgan fingerprint density at radius 3 is 1.15 bits per heavy atom. The third-order valence-electron chi connectivity index (χ3n) is 25.4. The van der Waals surface area contributed by atoms with Crippen molar-refractivity contribution in [2.45, 2.75) is 57.8 Å². The van der Waals surface area contributed by atoms with Crippen molar-refractivity contribution in [2.75, 3.05) is 10.2 Å². The molecule has 3 aliphatic carbocycles. The summed E-state index contributed by atoms with van der Waals surface area (Å²) in [5, 5.41) is 10.6. The van der Waals surface area contributed by atoms with Gasteiger partial charge in [0.2, 0.25) is 0 Å². The van der Waals surface area contributed by atoms with E-state index in [0.717, 1.165) is 133 Å². The van der Waals surface area contributed by atoms with E-state index < -0.39 is 0 Å². The zero-order valence-corrected chi connectivity index (χ0v) is 65.4. The maximum Gasteiger partial charge on any atom is 0.143 e. The summed E-state index contributed by atoms with van der Waals surface area (Å²) in [6.45, 7) is 14.2. The number of hydrogen-bond donors (Lipinski definition) is 1. The zero-order chi connectivity index (χ0) is 77.7. The van der Waals surface area contributed by atoms with Crippen molar-refractivity contribution in [3.8, 4) is 100 Å². The SMILES string of the molecule is CC1(C)c2ccccc2-c2ccc(-c3ccc(-c4cc(-c5ccccc5)ccc4Nc4ccc(-c5cccc6c5oc5ccccc56)cc4)cc3)cc21.CC1(C)c2ccccc2-c2ccc(N(c3ccc(-c4ccc5oc6ccccc6c5c4)cc3)c3ccc4c(c3)C(C)(C)c3cc(-c5cccc6c5oc5ccccc56)ccc3-4)cc21. The Morgan fingerprint density at radius 1 is 0.207 bits per heavy atom. The van der Waals surface area contributed by atoms with Crippen LogP contribution in [0.25, 0.3) is 166 Å². The molecule has 17 aromatic carbocycles. The summed E-state index contributed by atoms with van der Waals surface area (Å²) < 4.78 is 19.0. The van der Waals surface area contributed by atoms with E-state index in [1.165, 1.54) is 94.6 Å². The highest BCUT2D eigenvalue weighted by molar-refractivity contribution is 6.12. The fourth-order valence-electron chi connectivity index (χ4n) is 19.3. The average Bonchev–Trinajstić information content (AvgIpc) is 1.57. The molecule has 116 heavy (non-hydrogen) atoms. The molecule has 552 valence electrons. The molecule has 0 aliphatic heterocycles. The number of furan rings is 3. The van der Waals surface area contributed by atoms with Crippen molar-refractivity contribution in [2.24, 2.45) is 0 Å². The second kappa shape index (κ2) is 26.4. The molecule has 0 fully saturated rings. The summed E-state index contributed by atoms with van der Waals surface area (Å²) in [6, 6.07) is 134. The minimum Gasteiger partial charge on any atom is -0.456 e. The molecule has 3 aromatic heterocycles. The van der Waals surface area contributed by atoms with E-state index in [4.69, 9.17) is 13.3 Å². The van der Waals surface area contributed by atoms with Crippen molar-refractivity contribution in [3.63, 3.8) is 0 Å². The van der Waals surface area contributed by atoms with Crippen LogP contribution in [-0.2, 0) is 16.2 Å². The van der Waals surface area contributed by atoms with Crippen LogP contribution in [0.2, 0.25) is 0 Å². The summed E-state index contributed by atoms with van der Waals surface area (Å²) in [5.74, 6) is 0. The largest absolute Gasteiger partial charge is 0.456 e. The molecule has 0 bridgehead atoms. The summed E-state index contributed by atoms with van der Waals surface area (Å²) >= 11 is 0.